The molecule has 2 rings (SSSR count). The molecule has 0 fully saturated rings. The van der Waals surface area contributed by atoms with Gasteiger partial charge in [-0.15, -0.1) is 0 Å². The Kier molecular flexibility index (Phi) is 13.8. The molecule has 2 N–H and O–H groups in total. The number of hydrogen-bond donors (Lipinski definition) is 2. The van der Waals surface area contributed by atoms with Crippen molar-refractivity contribution in [2.24, 2.45) is 0 Å². The van der Waals surface area contributed by atoms with E-state index in [0.717, 1.165) is 12.4 Å². The maximum atomic E-state index is 12.3. The molecule has 44 heavy (non-hydrogen) atoms. The minimum atomic E-state index is -1.25. The van der Waals surface area contributed by atoms with Gasteiger partial charge in [0.15, 0.2) is 11.6 Å². The SMILES string of the molecule is Cc1ncc([N+](=O)[O-])n1CCCOC(=O)CN(CCN(CC(=O)O)CC(=O)OCCCn1c([N+](=O)[O-])cnc1C)CC(=O)O. The van der Waals surface area contributed by atoms with Crippen LogP contribution in [0.15, 0.2) is 12.4 Å². The number of esters is 2. The zero-order valence-electron chi connectivity index (χ0n) is 24.2. The zero-order chi connectivity index (χ0) is 32.8. The second-order valence-corrected chi connectivity index (χ2v) is 9.50. The summed E-state index contributed by atoms with van der Waals surface area (Å²) in [4.78, 5) is 78.5. The Morgan fingerprint density at radius 3 is 1.43 bits per heavy atom. The van der Waals surface area contributed by atoms with Gasteiger partial charge in [-0.3, -0.25) is 29.0 Å². The molecule has 0 aliphatic carbocycles. The van der Waals surface area contributed by atoms with E-state index in [4.69, 9.17) is 9.47 Å². The standard InChI is InChI=1S/C24H34N8O12/c1-17-25-11-19(31(39)40)29(17)5-3-9-43-23(37)15-27(13-21(33)34)7-8-28(14-22(35)36)16-24(38)44-10-4-6-30-18(2)26-12-20(30)32(41)42/h11-12H,3-10,13-16H2,1-2H3,(H,33,34)(H,35,36). The topological polar surface area (TPSA) is 256 Å². The molecule has 242 valence electrons. The van der Waals surface area contributed by atoms with Gasteiger partial charge in [0.25, 0.3) is 0 Å². The summed E-state index contributed by atoms with van der Waals surface area (Å²) in [7, 11) is 0. The number of carboxylic acids is 2. The lowest BCUT2D eigenvalue weighted by Crippen LogP contribution is -2.44. The molecule has 2 heterocycles. The highest BCUT2D eigenvalue weighted by Gasteiger charge is 2.21. The Morgan fingerprint density at radius 2 is 1.11 bits per heavy atom. The lowest BCUT2D eigenvalue weighted by Gasteiger charge is -2.24. The van der Waals surface area contributed by atoms with E-state index in [0.29, 0.717) is 11.6 Å². The molecule has 0 aliphatic rings. The molecule has 0 amide bonds. The van der Waals surface area contributed by atoms with Gasteiger partial charge in [-0.25, -0.2) is 19.1 Å². The van der Waals surface area contributed by atoms with E-state index in [1.807, 2.05) is 0 Å². The van der Waals surface area contributed by atoms with Gasteiger partial charge in [-0.1, -0.05) is 0 Å². The molecule has 0 aromatic carbocycles. The van der Waals surface area contributed by atoms with Crippen molar-refractivity contribution in [3.63, 3.8) is 0 Å². The number of carbonyl (C=O) groups is 4. The molecule has 0 spiro atoms. The molecular weight excluding hydrogens is 592 g/mol. The summed E-state index contributed by atoms with van der Waals surface area (Å²) in [6.07, 6.45) is 2.71. The lowest BCUT2D eigenvalue weighted by molar-refractivity contribution is -0.392. The van der Waals surface area contributed by atoms with Crippen LogP contribution < -0.4 is 0 Å². The number of nitrogens with zero attached hydrogens (tertiary/aromatic N) is 8. The quantitative estimate of drug-likeness (QED) is 0.0790. The van der Waals surface area contributed by atoms with Gasteiger partial charge in [0.2, 0.25) is 0 Å². The van der Waals surface area contributed by atoms with Crippen molar-refractivity contribution < 1.29 is 48.7 Å². The first-order chi connectivity index (χ1) is 20.8. The Balaban J connectivity index is 1.83. The van der Waals surface area contributed by atoms with Gasteiger partial charge in [-0.2, -0.15) is 0 Å². The monoisotopic (exact) mass is 626 g/mol. The third kappa shape index (κ3) is 11.7. The number of nitro groups is 2. The summed E-state index contributed by atoms with van der Waals surface area (Å²) < 4.78 is 13.0. The Labute approximate surface area is 250 Å². The lowest BCUT2D eigenvalue weighted by atomic mass is 10.3. The minimum absolute atomic E-state index is 0.0980. The number of aromatic nitrogens is 4. The Morgan fingerprint density at radius 1 is 0.750 bits per heavy atom. The van der Waals surface area contributed by atoms with Crippen LogP contribution >= 0.6 is 0 Å². The second-order valence-electron chi connectivity index (χ2n) is 9.50. The van der Waals surface area contributed by atoms with E-state index in [1.165, 1.54) is 18.9 Å². The maximum Gasteiger partial charge on any atom is 0.342 e. The molecule has 20 heteroatoms. The van der Waals surface area contributed by atoms with Crippen molar-refractivity contribution in [2.45, 2.75) is 39.8 Å². The van der Waals surface area contributed by atoms with E-state index in [2.05, 4.69) is 9.97 Å². The molecule has 2 aromatic rings. The van der Waals surface area contributed by atoms with Crippen LogP contribution in [0.4, 0.5) is 11.6 Å². The summed E-state index contributed by atoms with van der Waals surface area (Å²) in [5.74, 6) is -3.60. The van der Waals surface area contributed by atoms with Crippen molar-refractivity contribution in [3.8, 4) is 0 Å². The third-order valence-corrected chi connectivity index (χ3v) is 6.18. The van der Waals surface area contributed by atoms with Crippen molar-refractivity contribution in [1.29, 1.82) is 0 Å². The van der Waals surface area contributed by atoms with Gasteiger partial charge in [0.1, 0.15) is 12.4 Å². The fraction of sp³-hybridized carbons (Fsp3) is 0.583. The number of ether oxygens (including phenoxy) is 2. The average molecular weight is 627 g/mol. The summed E-state index contributed by atoms with van der Waals surface area (Å²) in [5, 5.41) is 40.6. The van der Waals surface area contributed by atoms with Crippen LogP contribution in [0.25, 0.3) is 0 Å². The summed E-state index contributed by atoms with van der Waals surface area (Å²) in [6, 6.07) is 0. The number of carboxylic acid groups (broad SMARTS) is 2. The highest BCUT2D eigenvalue weighted by molar-refractivity contribution is 5.74. The van der Waals surface area contributed by atoms with E-state index >= 15 is 0 Å². The van der Waals surface area contributed by atoms with Crippen LogP contribution in [0.3, 0.4) is 0 Å². The van der Waals surface area contributed by atoms with Crippen molar-refractivity contribution in [2.75, 3.05) is 52.5 Å². The Hall–Kier alpha value is -4.98. The zero-order valence-corrected chi connectivity index (χ0v) is 24.2. The molecule has 0 unspecified atom stereocenters. The number of imidazole rings is 2. The van der Waals surface area contributed by atoms with Gasteiger partial charge in [-0.05, 0) is 9.85 Å². The van der Waals surface area contributed by atoms with Crippen molar-refractivity contribution >= 4 is 35.5 Å². The Bertz CT molecular complexity index is 1240. The number of hydrogen-bond acceptors (Lipinski definition) is 14. The molecule has 0 saturated carbocycles. The van der Waals surface area contributed by atoms with Crippen LogP contribution in [0.5, 0.6) is 0 Å². The summed E-state index contributed by atoms with van der Waals surface area (Å²) in [6.45, 7) is 1.09. The average Bonchev–Trinajstić information content (AvgIpc) is 3.48. The summed E-state index contributed by atoms with van der Waals surface area (Å²) >= 11 is 0. The van der Waals surface area contributed by atoms with Crippen molar-refractivity contribution in [1.82, 2.24) is 28.9 Å². The van der Waals surface area contributed by atoms with Gasteiger partial charge in [0, 0.05) is 39.8 Å². The van der Waals surface area contributed by atoms with Crippen LogP contribution in [-0.2, 0) is 41.7 Å². The first-order valence-corrected chi connectivity index (χ1v) is 13.3. The van der Waals surface area contributed by atoms with Crippen LogP contribution in [-0.4, -0.2) is 125 Å². The molecule has 2 aromatic heterocycles. The highest BCUT2D eigenvalue weighted by atomic mass is 16.6. The van der Waals surface area contributed by atoms with Crippen molar-refractivity contribution in [3.05, 3.63) is 44.3 Å². The second kappa shape index (κ2) is 17.2. The fourth-order valence-electron chi connectivity index (χ4n) is 4.12. The largest absolute Gasteiger partial charge is 0.480 e. The molecule has 0 bridgehead atoms. The van der Waals surface area contributed by atoms with Gasteiger partial charge >= 0.3 is 35.5 Å². The molecule has 20 nitrogen and oxygen atoms in total. The van der Waals surface area contributed by atoms with E-state index in [1.54, 1.807) is 13.8 Å². The maximum absolute atomic E-state index is 12.3. The predicted molar refractivity (Wildman–Crippen MR) is 147 cm³/mol. The summed E-state index contributed by atoms with van der Waals surface area (Å²) in [5.41, 5.74) is 0. The number of aliphatic carboxylic acids is 2. The fourth-order valence-corrected chi connectivity index (χ4v) is 4.12. The number of rotatable bonds is 21. The van der Waals surface area contributed by atoms with E-state index in [9.17, 15) is 49.6 Å². The molecule has 0 saturated heterocycles. The first kappa shape index (κ1) is 35.2. The van der Waals surface area contributed by atoms with Gasteiger partial charge < -0.3 is 39.9 Å². The van der Waals surface area contributed by atoms with Crippen LogP contribution in [0.2, 0.25) is 0 Å². The molecule has 0 atom stereocenters. The smallest absolute Gasteiger partial charge is 0.342 e. The third-order valence-electron chi connectivity index (χ3n) is 6.18. The van der Waals surface area contributed by atoms with E-state index in [-0.39, 0.29) is 63.9 Å². The number of carbonyl (C=O) groups excluding carboxylic acids is 2. The molecule has 0 aliphatic heterocycles. The van der Waals surface area contributed by atoms with Crippen LogP contribution in [0, 0.1) is 34.1 Å². The van der Waals surface area contributed by atoms with Crippen LogP contribution in [0.1, 0.15) is 24.5 Å². The minimum Gasteiger partial charge on any atom is -0.480 e. The molecular formula is C24H34N8O12. The van der Waals surface area contributed by atoms with Gasteiger partial charge in [0.05, 0.1) is 52.5 Å². The normalized spacial score (nSPS) is 11.1. The molecule has 0 radical (unpaired) electrons. The number of aryl methyl sites for hydroxylation is 2. The first-order valence-electron chi connectivity index (χ1n) is 13.3. The highest BCUT2D eigenvalue weighted by Crippen LogP contribution is 2.15. The predicted octanol–water partition coefficient (Wildman–Crippen LogP) is -0.147. The van der Waals surface area contributed by atoms with E-state index < -0.39 is 59.9 Å².